The highest BCUT2D eigenvalue weighted by molar-refractivity contribution is 7.09. The van der Waals surface area contributed by atoms with Crippen molar-refractivity contribution < 1.29 is 14.1 Å². The summed E-state index contributed by atoms with van der Waals surface area (Å²) in [7, 11) is 0. The Bertz CT molecular complexity index is 673. The lowest BCUT2D eigenvalue weighted by molar-refractivity contribution is -0.132. The van der Waals surface area contributed by atoms with E-state index >= 15 is 0 Å². The number of amides is 2. The van der Waals surface area contributed by atoms with Gasteiger partial charge in [-0.05, 0) is 24.8 Å². The van der Waals surface area contributed by atoms with Crippen LogP contribution in [0.15, 0.2) is 28.1 Å². The number of hydrogen-bond donors (Lipinski definition) is 0. The van der Waals surface area contributed by atoms with Gasteiger partial charge in [-0.1, -0.05) is 11.2 Å². The molecule has 0 radical (unpaired) electrons. The number of aryl methyl sites for hydroxylation is 2. The van der Waals surface area contributed by atoms with Crippen molar-refractivity contribution in [3.8, 4) is 0 Å². The molecule has 1 aliphatic rings. The topological polar surface area (TPSA) is 66.7 Å². The quantitative estimate of drug-likeness (QED) is 0.858. The second-order valence-corrected chi connectivity index (χ2v) is 6.61. The molecular weight excluding hydrogens is 314 g/mol. The third kappa shape index (κ3) is 3.79. The fourth-order valence-electron chi connectivity index (χ4n) is 2.63. The predicted octanol–water partition coefficient (Wildman–Crippen LogP) is 1.96. The summed E-state index contributed by atoms with van der Waals surface area (Å²) < 4.78 is 4.94. The predicted molar refractivity (Wildman–Crippen MR) is 86.4 cm³/mol. The summed E-state index contributed by atoms with van der Waals surface area (Å²) in [6, 6.07) is 5.69. The molecule has 1 aliphatic heterocycles. The maximum atomic E-state index is 12.3. The fraction of sp³-hybridized carbons (Fsp3) is 0.438. The van der Waals surface area contributed by atoms with Gasteiger partial charge >= 0.3 is 0 Å². The van der Waals surface area contributed by atoms with Crippen LogP contribution in [-0.2, 0) is 11.2 Å². The second kappa shape index (κ2) is 6.95. The molecule has 23 heavy (non-hydrogen) atoms. The average Bonchev–Trinajstić information content (AvgIpc) is 3.23. The van der Waals surface area contributed by atoms with E-state index in [9.17, 15) is 9.59 Å². The van der Waals surface area contributed by atoms with Crippen LogP contribution in [0, 0.1) is 6.92 Å². The molecule has 2 amide bonds. The van der Waals surface area contributed by atoms with Gasteiger partial charge in [0.1, 0.15) is 5.76 Å². The molecule has 0 unspecified atom stereocenters. The molecule has 6 nitrogen and oxygen atoms in total. The molecule has 2 aromatic rings. The standard InChI is InChI=1S/C16H19N3O3S/c1-12-11-14(17-22-12)16(21)19-8-6-18(7-9-19)15(20)5-4-13-3-2-10-23-13/h2-3,10-11H,4-9H2,1H3. The Kier molecular flexibility index (Phi) is 4.76. The maximum Gasteiger partial charge on any atom is 0.276 e. The summed E-state index contributed by atoms with van der Waals surface area (Å²) in [6.45, 7) is 3.98. The Hall–Kier alpha value is -2.15. The monoisotopic (exact) mass is 333 g/mol. The number of rotatable bonds is 4. The molecule has 0 spiro atoms. The number of piperazine rings is 1. The third-order valence-electron chi connectivity index (χ3n) is 3.93. The van der Waals surface area contributed by atoms with E-state index in [0.717, 1.165) is 6.42 Å². The van der Waals surface area contributed by atoms with E-state index in [-0.39, 0.29) is 11.8 Å². The van der Waals surface area contributed by atoms with Crippen LogP contribution >= 0.6 is 11.3 Å². The molecule has 0 aliphatic carbocycles. The van der Waals surface area contributed by atoms with Crippen LogP contribution < -0.4 is 0 Å². The summed E-state index contributed by atoms with van der Waals surface area (Å²) in [5, 5.41) is 5.78. The lowest BCUT2D eigenvalue weighted by atomic mass is 10.2. The van der Waals surface area contributed by atoms with Gasteiger partial charge in [0.15, 0.2) is 5.69 Å². The zero-order chi connectivity index (χ0) is 16.2. The first kappa shape index (κ1) is 15.7. The molecule has 3 rings (SSSR count). The van der Waals surface area contributed by atoms with Crippen molar-refractivity contribution in [3.05, 3.63) is 39.9 Å². The first-order chi connectivity index (χ1) is 11.1. The van der Waals surface area contributed by atoms with Crippen LogP contribution in [0.4, 0.5) is 0 Å². The normalized spacial score (nSPS) is 15.0. The molecule has 2 aromatic heterocycles. The zero-order valence-corrected chi connectivity index (χ0v) is 13.8. The number of aromatic nitrogens is 1. The Balaban J connectivity index is 1.48. The van der Waals surface area contributed by atoms with Crippen molar-refractivity contribution >= 4 is 23.2 Å². The fourth-order valence-corrected chi connectivity index (χ4v) is 3.34. The van der Waals surface area contributed by atoms with Crippen molar-refractivity contribution in [3.63, 3.8) is 0 Å². The molecule has 0 N–H and O–H groups in total. The molecule has 0 atom stereocenters. The maximum absolute atomic E-state index is 12.3. The summed E-state index contributed by atoms with van der Waals surface area (Å²) >= 11 is 1.68. The lowest BCUT2D eigenvalue weighted by Crippen LogP contribution is -2.50. The Morgan fingerprint density at radius 2 is 2.00 bits per heavy atom. The van der Waals surface area contributed by atoms with Gasteiger partial charge in [0, 0.05) is 43.5 Å². The Labute approximate surface area is 138 Å². The van der Waals surface area contributed by atoms with E-state index in [1.165, 1.54) is 4.88 Å². The second-order valence-electron chi connectivity index (χ2n) is 5.58. The van der Waals surface area contributed by atoms with Crippen molar-refractivity contribution in [2.24, 2.45) is 0 Å². The van der Waals surface area contributed by atoms with Gasteiger partial charge in [-0.15, -0.1) is 11.3 Å². The highest BCUT2D eigenvalue weighted by atomic mass is 32.1. The Morgan fingerprint density at radius 3 is 2.61 bits per heavy atom. The largest absolute Gasteiger partial charge is 0.361 e. The van der Waals surface area contributed by atoms with E-state index in [1.54, 1.807) is 29.2 Å². The molecule has 0 aromatic carbocycles. The highest BCUT2D eigenvalue weighted by Gasteiger charge is 2.26. The van der Waals surface area contributed by atoms with Crippen molar-refractivity contribution in [1.29, 1.82) is 0 Å². The summed E-state index contributed by atoms with van der Waals surface area (Å²) in [5.74, 6) is 0.644. The summed E-state index contributed by atoms with van der Waals surface area (Å²) in [4.78, 5) is 29.3. The summed E-state index contributed by atoms with van der Waals surface area (Å²) in [5.41, 5.74) is 0.333. The molecule has 1 fully saturated rings. The smallest absolute Gasteiger partial charge is 0.276 e. The van der Waals surface area contributed by atoms with Crippen LogP contribution in [0.3, 0.4) is 0 Å². The SMILES string of the molecule is Cc1cc(C(=O)N2CCN(C(=O)CCc3cccs3)CC2)no1. The first-order valence-corrected chi connectivity index (χ1v) is 8.54. The van der Waals surface area contributed by atoms with Crippen LogP contribution in [0.25, 0.3) is 0 Å². The number of carbonyl (C=O) groups excluding carboxylic acids is 2. The molecule has 0 saturated carbocycles. The molecule has 1 saturated heterocycles. The van der Waals surface area contributed by atoms with Crippen LogP contribution in [0.1, 0.15) is 27.5 Å². The molecule has 0 bridgehead atoms. The van der Waals surface area contributed by atoms with E-state index in [4.69, 9.17) is 4.52 Å². The van der Waals surface area contributed by atoms with Crippen molar-refractivity contribution in [1.82, 2.24) is 15.0 Å². The van der Waals surface area contributed by atoms with Crippen molar-refractivity contribution in [2.75, 3.05) is 26.2 Å². The molecule has 7 heteroatoms. The van der Waals surface area contributed by atoms with Gasteiger partial charge < -0.3 is 14.3 Å². The van der Waals surface area contributed by atoms with Crippen LogP contribution in [-0.4, -0.2) is 52.9 Å². The molecule has 3 heterocycles. The number of nitrogens with zero attached hydrogens (tertiary/aromatic N) is 3. The van der Waals surface area contributed by atoms with Gasteiger partial charge in [-0.3, -0.25) is 9.59 Å². The Morgan fingerprint density at radius 1 is 1.26 bits per heavy atom. The average molecular weight is 333 g/mol. The minimum Gasteiger partial charge on any atom is -0.361 e. The number of hydrogen-bond acceptors (Lipinski definition) is 5. The van der Waals surface area contributed by atoms with Crippen molar-refractivity contribution in [2.45, 2.75) is 19.8 Å². The van der Waals surface area contributed by atoms with E-state index in [0.29, 0.717) is 44.1 Å². The van der Waals surface area contributed by atoms with Gasteiger partial charge in [-0.25, -0.2) is 0 Å². The minimum atomic E-state index is -0.132. The molecule has 122 valence electrons. The van der Waals surface area contributed by atoms with Gasteiger partial charge in [0.2, 0.25) is 5.91 Å². The third-order valence-corrected chi connectivity index (χ3v) is 4.87. The van der Waals surface area contributed by atoms with E-state index in [1.807, 2.05) is 16.3 Å². The number of thiophene rings is 1. The van der Waals surface area contributed by atoms with E-state index < -0.39 is 0 Å². The van der Waals surface area contributed by atoms with E-state index in [2.05, 4.69) is 11.2 Å². The van der Waals surface area contributed by atoms with Crippen LogP contribution in [0.5, 0.6) is 0 Å². The highest BCUT2D eigenvalue weighted by Crippen LogP contribution is 2.14. The van der Waals surface area contributed by atoms with Crippen LogP contribution in [0.2, 0.25) is 0 Å². The first-order valence-electron chi connectivity index (χ1n) is 7.66. The summed E-state index contributed by atoms with van der Waals surface area (Å²) in [6.07, 6.45) is 1.31. The van der Waals surface area contributed by atoms with Gasteiger partial charge in [0.25, 0.3) is 5.91 Å². The number of carbonyl (C=O) groups is 2. The van der Waals surface area contributed by atoms with Gasteiger partial charge in [-0.2, -0.15) is 0 Å². The molecular formula is C16H19N3O3S. The minimum absolute atomic E-state index is 0.132. The van der Waals surface area contributed by atoms with Gasteiger partial charge in [0.05, 0.1) is 0 Å². The lowest BCUT2D eigenvalue weighted by Gasteiger charge is -2.34. The zero-order valence-electron chi connectivity index (χ0n) is 13.0.